The highest BCUT2D eigenvalue weighted by Crippen LogP contribution is 2.43. The first-order chi connectivity index (χ1) is 11.3. The van der Waals surface area contributed by atoms with Gasteiger partial charge in [0.25, 0.3) is 17.3 Å². The summed E-state index contributed by atoms with van der Waals surface area (Å²) in [6.07, 6.45) is 2.46. The summed E-state index contributed by atoms with van der Waals surface area (Å²) in [5.74, 6) is -1.05. The van der Waals surface area contributed by atoms with E-state index >= 15 is 0 Å². The van der Waals surface area contributed by atoms with E-state index in [9.17, 15) is 25.0 Å². The molecule has 0 radical (unpaired) electrons. The lowest BCUT2D eigenvalue weighted by atomic mass is 9.95. The first kappa shape index (κ1) is 17.6. The monoisotopic (exact) mass is 338 g/mol. The molecule has 10 nitrogen and oxygen atoms in total. The Bertz CT molecular complexity index is 647. The Morgan fingerprint density at radius 1 is 1.17 bits per heavy atom. The number of hydrogen-bond acceptors (Lipinski definition) is 7. The Morgan fingerprint density at radius 3 is 2.00 bits per heavy atom. The quantitative estimate of drug-likeness (QED) is 0.488. The molecule has 130 valence electrons. The van der Waals surface area contributed by atoms with Gasteiger partial charge in [-0.2, -0.15) is 0 Å². The summed E-state index contributed by atoms with van der Waals surface area (Å²) < 4.78 is 0. The van der Waals surface area contributed by atoms with Gasteiger partial charge in [-0.05, 0) is 33.1 Å². The molecule has 2 unspecified atom stereocenters. The van der Waals surface area contributed by atoms with Crippen LogP contribution < -0.4 is 10.4 Å². The second-order valence-corrected chi connectivity index (χ2v) is 5.85. The number of nitro benzene ring substituents is 2. The highest BCUT2D eigenvalue weighted by atomic mass is 16.6. The van der Waals surface area contributed by atoms with Crippen molar-refractivity contribution in [1.82, 2.24) is 5.48 Å². The zero-order chi connectivity index (χ0) is 18.0. The van der Waals surface area contributed by atoms with Crippen LogP contribution in [0, 0.1) is 20.2 Å². The lowest BCUT2D eigenvalue weighted by Crippen LogP contribution is -2.44. The van der Waals surface area contributed by atoms with Crippen molar-refractivity contribution >= 4 is 23.0 Å². The average Bonchev–Trinajstić information content (AvgIpc) is 2.53. The summed E-state index contributed by atoms with van der Waals surface area (Å²) in [5.41, 5.74) is -0.165. The number of amides is 1. The smallest absolute Gasteiger partial charge is 0.300 e. The fourth-order valence-corrected chi connectivity index (χ4v) is 3.20. The second-order valence-electron chi connectivity index (χ2n) is 5.85. The number of piperidine rings is 1. The van der Waals surface area contributed by atoms with Gasteiger partial charge in [0.2, 0.25) is 0 Å². The van der Waals surface area contributed by atoms with Crippen molar-refractivity contribution in [3.8, 4) is 0 Å². The van der Waals surface area contributed by atoms with Gasteiger partial charge in [0.1, 0.15) is 0 Å². The molecule has 0 aliphatic carbocycles. The topological polar surface area (TPSA) is 139 Å². The van der Waals surface area contributed by atoms with Crippen LogP contribution in [-0.2, 0) is 0 Å². The fraction of sp³-hybridized carbons (Fsp3) is 0.500. The zero-order valence-corrected chi connectivity index (χ0v) is 13.3. The number of carbonyl (C=O) groups is 1. The minimum Gasteiger partial charge on any atom is -0.355 e. The Kier molecular flexibility index (Phi) is 4.98. The third-order valence-corrected chi connectivity index (χ3v) is 4.28. The van der Waals surface area contributed by atoms with Gasteiger partial charge in [0.05, 0.1) is 15.4 Å². The molecule has 1 aliphatic heterocycles. The Labute approximate surface area is 137 Å². The van der Waals surface area contributed by atoms with Crippen molar-refractivity contribution in [2.24, 2.45) is 0 Å². The van der Waals surface area contributed by atoms with Crippen LogP contribution in [-0.4, -0.2) is 33.0 Å². The lowest BCUT2D eigenvalue weighted by molar-refractivity contribution is -0.392. The number of hydrogen-bond donors (Lipinski definition) is 2. The minimum atomic E-state index is -1.05. The van der Waals surface area contributed by atoms with Gasteiger partial charge in [-0.15, -0.1) is 0 Å². The maximum atomic E-state index is 11.6. The van der Waals surface area contributed by atoms with Crippen LogP contribution in [0.15, 0.2) is 12.1 Å². The molecular weight excluding hydrogens is 320 g/mol. The van der Waals surface area contributed by atoms with Crippen molar-refractivity contribution in [2.45, 2.75) is 45.2 Å². The Morgan fingerprint density at radius 2 is 1.62 bits per heavy atom. The number of nitro groups is 2. The first-order valence-corrected chi connectivity index (χ1v) is 7.47. The fourth-order valence-electron chi connectivity index (χ4n) is 3.20. The molecule has 0 bridgehead atoms. The molecule has 2 rings (SSSR count). The molecule has 1 saturated heterocycles. The number of hydroxylamine groups is 1. The molecule has 2 N–H and O–H groups in total. The van der Waals surface area contributed by atoms with Crippen LogP contribution in [0.2, 0.25) is 0 Å². The molecule has 0 spiro atoms. The second kappa shape index (κ2) is 6.79. The number of carbonyl (C=O) groups excluding carboxylic acids is 1. The van der Waals surface area contributed by atoms with Crippen LogP contribution in [0.5, 0.6) is 0 Å². The summed E-state index contributed by atoms with van der Waals surface area (Å²) in [6.45, 7) is 3.72. The number of rotatable bonds is 4. The summed E-state index contributed by atoms with van der Waals surface area (Å²) in [7, 11) is 0. The summed E-state index contributed by atoms with van der Waals surface area (Å²) >= 11 is 0. The number of nitrogens with one attached hydrogen (secondary N) is 1. The van der Waals surface area contributed by atoms with Gasteiger partial charge in [0, 0.05) is 24.2 Å². The SMILES string of the molecule is CC1CCCC(C)N1c1c([N+](=O)[O-])cc(C(=O)NO)cc1[N+](=O)[O-]. The molecule has 1 aromatic rings. The zero-order valence-electron chi connectivity index (χ0n) is 13.3. The van der Waals surface area contributed by atoms with E-state index in [0.29, 0.717) is 0 Å². The highest BCUT2D eigenvalue weighted by Gasteiger charge is 2.37. The molecule has 0 saturated carbocycles. The van der Waals surface area contributed by atoms with Gasteiger partial charge < -0.3 is 4.90 Å². The molecule has 0 aromatic heterocycles. The van der Waals surface area contributed by atoms with Crippen molar-refractivity contribution in [3.05, 3.63) is 37.9 Å². The summed E-state index contributed by atoms with van der Waals surface area (Å²) in [5, 5.41) is 31.7. The average molecular weight is 338 g/mol. The standard InChI is InChI=1S/C14H18N4O6/c1-8-4-3-5-9(2)16(8)13-11(17(21)22)6-10(14(19)15-20)7-12(13)18(23)24/h6-9,20H,3-5H2,1-2H3,(H,15,19). The van der Waals surface area contributed by atoms with Crippen LogP contribution in [0.4, 0.5) is 17.1 Å². The molecule has 1 heterocycles. The largest absolute Gasteiger partial charge is 0.355 e. The summed E-state index contributed by atoms with van der Waals surface area (Å²) in [4.78, 5) is 34.7. The maximum absolute atomic E-state index is 11.6. The van der Waals surface area contributed by atoms with Crippen LogP contribution in [0.3, 0.4) is 0 Å². The van der Waals surface area contributed by atoms with E-state index < -0.39 is 27.1 Å². The van der Waals surface area contributed by atoms with Gasteiger partial charge in [-0.25, -0.2) is 5.48 Å². The summed E-state index contributed by atoms with van der Waals surface area (Å²) in [6, 6.07) is 1.68. The predicted octanol–water partition coefficient (Wildman–Crippen LogP) is 2.39. The van der Waals surface area contributed by atoms with Crippen molar-refractivity contribution in [3.63, 3.8) is 0 Å². The molecule has 24 heavy (non-hydrogen) atoms. The van der Waals surface area contributed by atoms with E-state index in [2.05, 4.69) is 0 Å². The molecule has 2 atom stereocenters. The predicted molar refractivity (Wildman–Crippen MR) is 84.3 cm³/mol. The minimum absolute atomic E-state index is 0.0980. The third-order valence-electron chi connectivity index (χ3n) is 4.28. The molecule has 1 amide bonds. The lowest BCUT2D eigenvalue weighted by Gasteiger charge is -2.40. The number of anilines is 1. The van der Waals surface area contributed by atoms with Crippen LogP contribution in [0.1, 0.15) is 43.5 Å². The van der Waals surface area contributed by atoms with Crippen LogP contribution in [0.25, 0.3) is 0 Å². The Balaban J connectivity index is 2.74. The molecule has 1 aromatic carbocycles. The van der Waals surface area contributed by atoms with Gasteiger partial charge in [-0.3, -0.25) is 30.2 Å². The molecular formula is C14H18N4O6. The van der Waals surface area contributed by atoms with Crippen LogP contribution >= 0.6 is 0 Å². The molecule has 10 heteroatoms. The van der Waals surface area contributed by atoms with E-state index in [-0.39, 0.29) is 23.3 Å². The highest BCUT2D eigenvalue weighted by molar-refractivity contribution is 5.97. The van der Waals surface area contributed by atoms with Crippen molar-refractivity contribution < 1.29 is 19.8 Å². The third kappa shape index (κ3) is 3.13. The van der Waals surface area contributed by atoms with E-state index in [4.69, 9.17) is 5.21 Å². The molecule has 1 fully saturated rings. The van der Waals surface area contributed by atoms with E-state index in [1.807, 2.05) is 13.8 Å². The number of benzene rings is 1. The van der Waals surface area contributed by atoms with Gasteiger partial charge in [-0.1, -0.05) is 0 Å². The van der Waals surface area contributed by atoms with E-state index in [0.717, 1.165) is 31.4 Å². The molecule has 1 aliphatic rings. The van der Waals surface area contributed by atoms with E-state index in [1.54, 1.807) is 4.90 Å². The maximum Gasteiger partial charge on any atom is 0.300 e. The first-order valence-electron chi connectivity index (χ1n) is 7.47. The van der Waals surface area contributed by atoms with Gasteiger partial charge >= 0.3 is 0 Å². The Hall–Kier alpha value is -2.75. The van der Waals surface area contributed by atoms with E-state index in [1.165, 1.54) is 5.48 Å². The van der Waals surface area contributed by atoms with Crippen molar-refractivity contribution in [2.75, 3.05) is 4.90 Å². The number of nitrogens with zero attached hydrogens (tertiary/aromatic N) is 3. The normalized spacial score (nSPS) is 20.5. The van der Waals surface area contributed by atoms with Crippen molar-refractivity contribution in [1.29, 1.82) is 0 Å². The van der Waals surface area contributed by atoms with Gasteiger partial charge in [0.15, 0.2) is 5.69 Å².